The minimum absolute atomic E-state index is 0.00617. The molecule has 1 unspecified atom stereocenters. The van der Waals surface area contributed by atoms with Crippen molar-refractivity contribution in [3.8, 4) is 22.3 Å². The minimum Gasteiger partial charge on any atom is -0.480 e. The Balaban J connectivity index is 1.57. The van der Waals surface area contributed by atoms with Crippen LogP contribution in [0, 0.1) is 0 Å². The third kappa shape index (κ3) is 9.20. The quantitative estimate of drug-likeness (QED) is 0.187. The number of rotatable bonds is 10. The number of hydrogen-bond acceptors (Lipinski definition) is 4. The van der Waals surface area contributed by atoms with Gasteiger partial charge in [-0.1, -0.05) is 78.9 Å². The van der Waals surface area contributed by atoms with E-state index >= 15 is 0 Å². The molecule has 0 spiro atoms. The summed E-state index contributed by atoms with van der Waals surface area (Å²) >= 11 is 0. The van der Waals surface area contributed by atoms with E-state index in [-0.39, 0.29) is 25.1 Å². The van der Waals surface area contributed by atoms with Crippen LogP contribution < -0.4 is 5.32 Å². The van der Waals surface area contributed by atoms with Crippen LogP contribution in [0.25, 0.3) is 22.3 Å². The van der Waals surface area contributed by atoms with E-state index < -0.39 is 41.4 Å². The molecule has 0 aliphatic rings. The van der Waals surface area contributed by atoms with Crippen molar-refractivity contribution in [1.29, 1.82) is 0 Å². The molecule has 1 atom stereocenters. The van der Waals surface area contributed by atoms with E-state index in [1.54, 1.807) is 32.9 Å². The Morgan fingerprint density at radius 1 is 0.761 bits per heavy atom. The lowest BCUT2D eigenvalue weighted by Crippen LogP contribution is -2.49. The lowest BCUT2D eigenvalue weighted by molar-refractivity contribution is -0.142. The molecule has 4 aromatic carbocycles. The highest BCUT2D eigenvalue weighted by atomic mass is 19.4. The molecule has 2 N–H and O–H groups in total. The lowest BCUT2D eigenvalue weighted by atomic mass is 9.99. The number of aliphatic carboxylic acids is 1. The zero-order valence-electron chi connectivity index (χ0n) is 25.7. The zero-order chi connectivity index (χ0) is 33.5. The molecule has 4 rings (SSSR count). The monoisotopic (exact) mass is 632 g/mol. The average molecular weight is 633 g/mol. The second kappa shape index (κ2) is 14.3. The number of carboxylic acid groups (broad SMARTS) is 1. The van der Waals surface area contributed by atoms with E-state index in [2.05, 4.69) is 5.32 Å². The van der Waals surface area contributed by atoms with Crippen LogP contribution in [0.4, 0.5) is 18.0 Å². The van der Waals surface area contributed by atoms with Crippen molar-refractivity contribution in [2.75, 3.05) is 13.1 Å². The van der Waals surface area contributed by atoms with Crippen molar-refractivity contribution in [3.05, 3.63) is 120 Å². The van der Waals surface area contributed by atoms with Crippen LogP contribution in [0.5, 0.6) is 0 Å². The van der Waals surface area contributed by atoms with Gasteiger partial charge in [-0.2, -0.15) is 13.2 Å². The van der Waals surface area contributed by atoms with Gasteiger partial charge in [0.05, 0.1) is 5.56 Å². The molecule has 0 saturated carbocycles. The highest BCUT2D eigenvalue weighted by molar-refractivity contribution is 5.97. The van der Waals surface area contributed by atoms with Crippen LogP contribution in [0.15, 0.2) is 103 Å². The van der Waals surface area contributed by atoms with Crippen molar-refractivity contribution in [3.63, 3.8) is 0 Å². The first-order valence-corrected chi connectivity index (χ1v) is 14.6. The van der Waals surface area contributed by atoms with Crippen LogP contribution in [0.2, 0.25) is 0 Å². The molecule has 0 fully saturated rings. The van der Waals surface area contributed by atoms with Crippen molar-refractivity contribution >= 4 is 18.0 Å². The molecule has 240 valence electrons. The number of hydrogen-bond donors (Lipinski definition) is 2. The summed E-state index contributed by atoms with van der Waals surface area (Å²) in [6.45, 7) is 4.93. The maximum Gasteiger partial charge on any atom is 0.416 e. The first kappa shape index (κ1) is 33.8. The Morgan fingerprint density at radius 3 is 1.76 bits per heavy atom. The number of carboxylic acids is 1. The zero-order valence-corrected chi connectivity index (χ0v) is 25.7. The number of halogens is 3. The van der Waals surface area contributed by atoms with Crippen molar-refractivity contribution in [2.45, 2.75) is 45.0 Å². The SMILES string of the molecule is CC(C)(C)OC(=O)NCCN(C(=O)c1ccc(-c2ccc(C(F)(F)F)cc2)cc1)C(Cc1ccc(-c2ccccc2)cc1)C(=O)O. The Labute approximate surface area is 265 Å². The molecular weight excluding hydrogens is 597 g/mol. The first-order chi connectivity index (χ1) is 21.7. The number of benzene rings is 4. The van der Waals surface area contributed by atoms with Gasteiger partial charge in [-0.15, -0.1) is 0 Å². The molecule has 4 aromatic rings. The summed E-state index contributed by atoms with van der Waals surface area (Å²) in [6, 6.07) is 26.7. The molecule has 2 amide bonds. The van der Waals surface area contributed by atoms with Crippen molar-refractivity contribution in [1.82, 2.24) is 10.2 Å². The van der Waals surface area contributed by atoms with Gasteiger partial charge in [0, 0.05) is 25.1 Å². The maximum atomic E-state index is 13.8. The predicted octanol–water partition coefficient (Wildman–Crippen LogP) is 7.70. The average Bonchev–Trinajstić information content (AvgIpc) is 3.01. The second-order valence-electron chi connectivity index (χ2n) is 11.7. The number of amides is 2. The molecule has 0 heterocycles. The molecule has 0 aliphatic heterocycles. The van der Waals surface area contributed by atoms with Crippen LogP contribution >= 0.6 is 0 Å². The number of ether oxygens (including phenoxy) is 1. The topological polar surface area (TPSA) is 95.9 Å². The Kier molecular flexibility index (Phi) is 10.5. The highest BCUT2D eigenvalue weighted by Gasteiger charge is 2.32. The van der Waals surface area contributed by atoms with Crippen molar-refractivity contribution < 1.29 is 37.4 Å². The van der Waals surface area contributed by atoms with Crippen LogP contribution in [-0.4, -0.2) is 52.7 Å². The van der Waals surface area contributed by atoms with Gasteiger partial charge in [0.2, 0.25) is 0 Å². The number of nitrogens with one attached hydrogen (secondary N) is 1. The third-order valence-electron chi connectivity index (χ3n) is 7.11. The Bertz CT molecular complexity index is 1630. The largest absolute Gasteiger partial charge is 0.480 e. The second-order valence-corrected chi connectivity index (χ2v) is 11.7. The van der Waals surface area contributed by atoms with Gasteiger partial charge < -0.3 is 20.1 Å². The summed E-state index contributed by atoms with van der Waals surface area (Å²) in [5.74, 6) is -1.81. The van der Waals surface area contributed by atoms with Crippen LogP contribution in [0.3, 0.4) is 0 Å². The molecule has 0 aromatic heterocycles. The van der Waals surface area contributed by atoms with E-state index in [1.165, 1.54) is 29.2 Å². The molecular formula is C36H35F3N2O5. The third-order valence-corrected chi connectivity index (χ3v) is 7.11. The van der Waals surface area contributed by atoms with Gasteiger partial charge in [-0.3, -0.25) is 4.79 Å². The smallest absolute Gasteiger partial charge is 0.416 e. The number of nitrogens with zero attached hydrogens (tertiary/aromatic N) is 1. The summed E-state index contributed by atoms with van der Waals surface area (Å²) in [7, 11) is 0. The summed E-state index contributed by atoms with van der Waals surface area (Å²) in [5, 5.41) is 12.9. The van der Waals surface area contributed by atoms with Gasteiger partial charge in [-0.05, 0) is 72.9 Å². The van der Waals surface area contributed by atoms with E-state index in [0.717, 1.165) is 23.3 Å². The predicted molar refractivity (Wildman–Crippen MR) is 169 cm³/mol. The Morgan fingerprint density at radius 2 is 1.26 bits per heavy atom. The minimum atomic E-state index is -4.46. The molecule has 0 aliphatic carbocycles. The number of alkyl halides is 3. The summed E-state index contributed by atoms with van der Waals surface area (Å²) in [4.78, 5) is 39.9. The normalized spacial score (nSPS) is 12.2. The van der Waals surface area contributed by atoms with E-state index in [1.807, 2.05) is 54.6 Å². The fourth-order valence-electron chi connectivity index (χ4n) is 4.83. The summed E-state index contributed by atoms with van der Waals surface area (Å²) in [6.07, 6.45) is -5.16. The van der Waals surface area contributed by atoms with Gasteiger partial charge >= 0.3 is 18.2 Å². The number of carbonyl (C=O) groups excluding carboxylic acids is 2. The lowest BCUT2D eigenvalue weighted by Gasteiger charge is -2.30. The fraction of sp³-hybridized carbons (Fsp3) is 0.250. The van der Waals surface area contributed by atoms with Crippen LogP contribution in [0.1, 0.15) is 42.3 Å². The van der Waals surface area contributed by atoms with Gasteiger partial charge in [0.1, 0.15) is 11.6 Å². The molecule has 46 heavy (non-hydrogen) atoms. The maximum absolute atomic E-state index is 13.8. The molecule has 7 nitrogen and oxygen atoms in total. The highest BCUT2D eigenvalue weighted by Crippen LogP contribution is 2.31. The van der Waals surface area contributed by atoms with Gasteiger partial charge in [-0.25, -0.2) is 9.59 Å². The van der Waals surface area contributed by atoms with E-state index in [9.17, 15) is 32.7 Å². The number of carbonyl (C=O) groups is 3. The van der Waals surface area contributed by atoms with Crippen LogP contribution in [-0.2, 0) is 22.1 Å². The summed E-state index contributed by atoms with van der Waals surface area (Å²) < 4.78 is 44.2. The Hall–Kier alpha value is -5.12. The number of alkyl carbamates (subject to hydrolysis) is 1. The van der Waals surface area contributed by atoms with Gasteiger partial charge in [0.25, 0.3) is 5.91 Å². The van der Waals surface area contributed by atoms with E-state index in [4.69, 9.17) is 4.74 Å². The standard InChI is InChI=1S/C36H35F3N2O5/c1-35(2,3)46-34(45)40-21-22-41(31(33(43)44)23-24-9-11-26(12-10-24)25-7-5-4-6-8-25)32(42)29-15-13-27(14-16-29)28-17-19-30(20-18-28)36(37,38)39/h4-20,31H,21-23H2,1-3H3,(H,40,45)(H,43,44). The molecule has 0 radical (unpaired) electrons. The van der Waals surface area contributed by atoms with E-state index in [0.29, 0.717) is 16.7 Å². The first-order valence-electron chi connectivity index (χ1n) is 14.6. The molecule has 10 heteroatoms. The molecule has 0 bridgehead atoms. The summed E-state index contributed by atoms with van der Waals surface area (Å²) in [5.41, 5.74) is 2.43. The molecule has 0 saturated heterocycles. The fourth-order valence-corrected chi connectivity index (χ4v) is 4.83. The van der Waals surface area contributed by atoms with Crippen molar-refractivity contribution in [2.24, 2.45) is 0 Å². The van der Waals surface area contributed by atoms with Gasteiger partial charge in [0.15, 0.2) is 0 Å².